The maximum absolute atomic E-state index is 13.0. The maximum atomic E-state index is 13.0. The first-order valence-electron chi connectivity index (χ1n) is 9.50. The van der Waals surface area contributed by atoms with Crippen molar-refractivity contribution < 1.29 is 23.4 Å². The number of hydrogen-bond donors (Lipinski definition) is 4. The number of nitrogens with zero attached hydrogens (tertiary/aromatic N) is 2. The van der Waals surface area contributed by atoms with E-state index in [1.807, 2.05) is 59.0 Å². The second kappa shape index (κ2) is 12.3. The highest BCUT2D eigenvalue weighted by molar-refractivity contribution is 14.1. The third-order valence-corrected chi connectivity index (χ3v) is 5.94. The quantitative estimate of drug-likeness (QED) is 0.274. The Kier molecular flexibility index (Phi) is 11.3. The predicted octanol–water partition coefficient (Wildman–Crippen LogP) is 4.40. The van der Waals surface area contributed by atoms with Crippen LogP contribution >= 0.6 is 57.6 Å². The number of halogens is 6. The van der Waals surface area contributed by atoms with Gasteiger partial charge in [-0.05, 0) is 90.8 Å². The molecule has 0 spiro atoms. The van der Waals surface area contributed by atoms with Crippen LogP contribution in [0.5, 0.6) is 0 Å². The summed E-state index contributed by atoms with van der Waals surface area (Å²) < 4.78 is 38.5. The average molecular weight is 701 g/mol. The van der Waals surface area contributed by atoms with Gasteiger partial charge in [-0.25, -0.2) is 4.98 Å². The molecule has 12 heteroatoms. The van der Waals surface area contributed by atoms with E-state index in [0.29, 0.717) is 22.2 Å². The van der Waals surface area contributed by atoms with Gasteiger partial charge in [-0.2, -0.15) is 18.2 Å². The van der Waals surface area contributed by atoms with Gasteiger partial charge in [-0.15, -0.1) is 12.4 Å². The van der Waals surface area contributed by atoms with Crippen LogP contribution in [0, 0.1) is 25.0 Å². The van der Waals surface area contributed by atoms with Gasteiger partial charge in [-0.3, -0.25) is 0 Å². The lowest BCUT2D eigenvalue weighted by atomic mass is 9.76. The molecule has 6 nitrogen and oxygen atoms in total. The molecule has 4 rings (SSSR count). The largest absolute Gasteiger partial charge is 0.393 e. The van der Waals surface area contributed by atoms with Crippen molar-refractivity contribution in [1.29, 1.82) is 0 Å². The van der Waals surface area contributed by atoms with E-state index in [9.17, 15) is 18.3 Å². The number of aliphatic hydroxyl groups excluding tert-OH is 2. The minimum absolute atomic E-state index is 0. The fourth-order valence-electron chi connectivity index (χ4n) is 3.37. The first-order valence-corrected chi connectivity index (χ1v) is 11.7. The van der Waals surface area contributed by atoms with Crippen molar-refractivity contribution in [3.63, 3.8) is 0 Å². The molecule has 0 bridgehead atoms. The molecular formula is C20H26ClF3I2N4O2. The molecule has 2 aliphatic rings. The van der Waals surface area contributed by atoms with Crippen molar-refractivity contribution in [2.45, 2.75) is 62.8 Å². The van der Waals surface area contributed by atoms with Gasteiger partial charge in [0.1, 0.15) is 5.82 Å². The summed E-state index contributed by atoms with van der Waals surface area (Å²) in [5.74, 6) is -1.50. The second-order valence-electron chi connectivity index (χ2n) is 8.39. The third kappa shape index (κ3) is 10.2. The van der Waals surface area contributed by atoms with E-state index in [0.717, 1.165) is 28.5 Å². The minimum Gasteiger partial charge on any atom is -0.393 e. The van der Waals surface area contributed by atoms with Crippen molar-refractivity contribution in [1.82, 2.24) is 9.97 Å². The molecule has 0 radical (unpaired) electrons. The van der Waals surface area contributed by atoms with Crippen LogP contribution in [0.1, 0.15) is 39.5 Å². The lowest BCUT2D eigenvalue weighted by molar-refractivity contribution is 0.0323. The normalized spacial score (nSPS) is 27.8. The van der Waals surface area contributed by atoms with E-state index in [2.05, 4.69) is 15.3 Å². The number of hydrogen-bond acceptors (Lipinski definition) is 6. The molecule has 2 fully saturated rings. The van der Waals surface area contributed by atoms with E-state index < -0.39 is 17.8 Å². The second-order valence-corrected chi connectivity index (χ2v) is 10.9. The fourth-order valence-corrected chi connectivity index (χ4v) is 4.44. The van der Waals surface area contributed by atoms with E-state index in [1.54, 1.807) is 6.07 Å². The zero-order chi connectivity index (χ0) is 23.4. The first kappa shape index (κ1) is 29.6. The highest BCUT2D eigenvalue weighted by atomic mass is 127. The first-order chi connectivity index (χ1) is 14.2. The summed E-state index contributed by atoms with van der Waals surface area (Å²) in [7, 11) is 0. The molecule has 2 aromatic heterocycles. The van der Waals surface area contributed by atoms with Crippen LogP contribution < -0.4 is 11.1 Å². The van der Waals surface area contributed by atoms with Crippen LogP contribution in [0.25, 0.3) is 0 Å². The molecule has 0 atom stereocenters. The Bertz CT molecular complexity index is 826. The number of aromatic nitrogens is 2. The molecule has 32 heavy (non-hydrogen) atoms. The van der Waals surface area contributed by atoms with Crippen LogP contribution in [0.15, 0.2) is 24.3 Å². The Hall–Kier alpha value is -0.480. The molecule has 180 valence electrons. The zero-order valence-electron chi connectivity index (χ0n) is 17.5. The van der Waals surface area contributed by atoms with E-state index in [4.69, 9.17) is 10.8 Å². The SMILES string of the molecule is CC1(N)CC(O)C1.CC1(Nc2cc(I)cc(F)n2)CC(O)C1.Cl.Fc1cc(I)cc(F)n1. The van der Waals surface area contributed by atoms with Gasteiger partial charge in [0.2, 0.25) is 17.8 Å². The van der Waals surface area contributed by atoms with Gasteiger partial charge < -0.3 is 21.3 Å². The topological polar surface area (TPSA) is 104 Å². The van der Waals surface area contributed by atoms with E-state index in [-0.39, 0.29) is 35.7 Å². The molecule has 0 amide bonds. The van der Waals surface area contributed by atoms with Crippen molar-refractivity contribution in [2.75, 3.05) is 5.32 Å². The van der Waals surface area contributed by atoms with Gasteiger partial charge in [0.15, 0.2) is 0 Å². The number of anilines is 1. The summed E-state index contributed by atoms with van der Waals surface area (Å²) in [5.41, 5.74) is 5.35. The Balaban J connectivity index is 0.000000258. The molecule has 0 aromatic carbocycles. The van der Waals surface area contributed by atoms with Crippen molar-refractivity contribution in [3.8, 4) is 0 Å². The van der Waals surface area contributed by atoms with E-state index >= 15 is 0 Å². The van der Waals surface area contributed by atoms with Gasteiger partial charge in [-0.1, -0.05) is 0 Å². The molecule has 2 aromatic rings. The molecule has 5 N–H and O–H groups in total. The third-order valence-electron chi connectivity index (χ3n) is 4.69. The molecule has 0 aliphatic heterocycles. The number of pyridine rings is 2. The summed E-state index contributed by atoms with van der Waals surface area (Å²) >= 11 is 3.86. The molecule has 0 unspecified atom stereocenters. The van der Waals surface area contributed by atoms with Gasteiger partial charge in [0.25, 0.3) is 0 Å². The average Bonchev–Trinajstić information content (AvgIpc) is 2.50. The maximum Gasteiger partial charge on any atom is 0.216 e. The van der Waals surface area contributed by atoms with Crippen LogP contribution in [0.3, 0.4) is 0 Å². The van der Waals surface area contributed by atoms with Gasteiger partial charge >= 0.3 is 0 Å². The summed E-state index contributed by atoms with van der Waals surface area (Å²) in [4.78, 5) is 6.66. The van der Waals surface area contributed by atoms with Gasteiger partial charge in [0.05, 0.1) is 12.2 Å². The predicted molar refractivity (Wildman–Crippen MR) is 136 cm³/mol. The summed E-state index contributed by atoms with van der Waals surface area (Å²) in [6, 6.07) is 5.48. The molecule has 2 heterocycles. The van der Waals surface area contributed by atoms with Crippen molar-refractivity contribution in [3.05, 3.63) is 49.2 Å². The molecule has 2 aliphatic carbocycles. The summed E-state index contributed by atoms with van der Waals surface area (Å²) in [6.45, 7) is 3.96. The zero-order valence-corrected chi connectivity index (χ0v) is 22.6. The monoisotopic (exact) mass is 700 g/mol. The Labute approximate surface area is 218 Å². The Morgan fingerprint density at radius 2 is 1.28 bits per heavy atom. The van der Waals surface area contributed by atoms with Gasteiger partial charge in [0, 0.05) is 36.4 Å². The summed E-state index contributed by atoms with van der Waals surface area (Å²) in [5, 5.41) is 21.1. The summed E-state index contributed by atoms with van der Waals surface area (Å²) in [6.07, 6.45) is 2.55. The van der Waals surface area contributed by atoms with Crippen LogP contribution in [-0.2, 0) is 0 Å². The van der Waals surface area contributed by atoms with Crippen molar-refractivity contribution in [2.24, 2.45) is 5.73 Å². The Morgan fingerprint density at radius 1 is 0.875 bits per heavy atom. The molecule has 2 saturated carbocycles. The van der Waals surface area contributed by atoms with Crippen molar-refractivity contribution >= 4 is 63.4 Å². The molecule has 0 saturated heterocycles. The number of nitrogens with two attached hydrogens (primary N) is 1. The highest BCUT2D eigenvalue weighted by Crippen LogP contribution is 2.34. The minimum atomic E-state index is -0.778. The van der Waals surface area contributed by atoms with Crippen LogP contribution in [0.4, 0.5) is 19.0 Å². The lowest BCUT2D eigenvalue weighted by Gasteiger charge is -2.43. The standard InChI is InChI=1S/C10H12FIN2O.C5H2F2IN.C5H11NO.ClH/c1-10(4-7(15)5-10)14-9-3-6(12)2-8(11)13-9;6-4-1-3(8)2-5(7)9-4;1-5(6)2-4(7)3-5;/h2-3,7,15H,4-5H2,1H3,(H,13,14);1-2H;4,7H,2-3,6H2,1H3;1H. The van der Waals surface area contributed by atoms with Crippen LogP contribution in [-0.4, -0.2) is 43.5 Å². The number of aliphatic hydroxyl groups is 2. The lowest BCUT2D eigenvalue weighted by Crippen LogP contribution is -2.51. The molecular weight excluding hydrogens is 675 g/mol. The number of rotatable bonds is 2. The Morgan fingerprint density at radius 3 is 1.59 bits per heavy atom. The number of nitrogens with one attached hydrogen (secondary N) is 1. The van der Waals surface area contributed by atoms with Crippen LogP contribution in [0.2, 0.25) is 0 Å². The van der Waals surface area contributed by atoms with E-state index in [1.165, 1.54) is 6.07 Å². The smallest absolute Gasteiger partial charge is 0.216 e. The fraction of sp³-hybridized carbons (Fsp3) is 0.500. The highest BCUT2D eigenvalue weighted by Gasteiger charge is 2.39.